The third kappa shape index (κ3) is 5.49. The second kappa shape index (κ2) is 9.59. The summed E-state index contributed by atoms with van der Waals surface area (Å²) in [4.78, 5) is 39.0. The number of benzene rings is 2. The molecule has 10 heteroatoms. The Hall–Kier alpha value is -3.11. The number of rotatable bonds is 7. The van der Waals surface area contributed by atoms with Gasteiger partial charge in [-0.15, -0.1) is 11.8 Å². The number of nitrogens with zero attached hydrogens (tertiary/aromatic N) is 3. The van der Waals surface area contributed by atoms with Gasteiger partial charge in [0.2, 0.25) is 11.8 Å². The minimum Gasteiger partial charge on any atom is -0.369 e. The molecular formula is C20H23N5O4S. The molecule has 30 heavy (non-hydrogen) atoms. The summed E-state index contributed by atoms with van der Waals surface area (Å²) in [5, 5.41) is 14.0. The zero-order valence-electron chi connectivity index (χ0n) is 16.5. The Labute approximate surface area is 178 Å². The molecule has 1 saturated heterocycles. The van der Waals surface area contributed by atoms with Crippen molar-refractivity contribution in [1.29, 1.82) is 0 Å². The van der Waals surface area contributed by atoms with Crippen LogP contribution in [-0.4, -0.2) is 60.6 Å². The van der Waals surface area contributed by atoms with Crippen LogP contribution in [0.4, 0.5) is 17.1 Å². The molecule has 0 aliphatic carbocycles. The molecule has 0 radical (unpaired) electrons. The number of nitrogens with two attached hydrogens (primary N) is 1. The number of thioether (sulfide) groups is 1. The van der Waals surface area contributed by atoms with Crippen LogP contribution in [0.3, 0.4) is 0 Å². The van der Waals surface area contributed by atoms with Crippen molar-refractivity contribution in [2.24, 2.45) is 5.73 Å². The van der Waals surface area contributed by atoms with Crippen LogP contribution in [0, 0.1) is 10.1 Å². The van der Waals surface area contributed by atoms with Gasteiger partial charge in [0, 0.05) is 49.2 Å². The molecule has 1 aliphatic heterocycles. The van der Waals surface area contributed by atoms with E-state index >= 15 is 0 Å². The van der Waals surface area contributed by atoms with E-state index in [1.54, 1.807) is 0 Å². The van der Waals surface area contributed by atoms with Crippen LogP contribution in [0.5, 0.6) is 0 Å². The molecule has 0 unspecified atom stereocenters. The summed E-state index contributed by atoms with van der Waals surface area (Å²) in [6.45, 7) is 3.96. The van der Waals surface area contributed by atoms with Gasteiger partial charge in [-0.25, -0.2) is 0 Å². The van der Waals surface area contributed by atoms with Crippen LogP contribution in [0.2, 0.25) is 0 Å². The lowest BCUT2D eigenvalue weighted by Gasteiger charge is -2.34. The monoisotopic (exact) mass is 429 g/mol. The molecule has 0 atom stereocenters. The second-order valence-corrected chi connectivity index (χ2v) is 8.00. The summed E-state index contributed by atoms with van der Waals surface area (Å²) in [5.41, 5.74) is 6.75. The second-order valence-electron chi connectivity index (χ2n) is 6.98. The topological polar surface area (TPSA) is 122 Å². The third-order valence-electron chi connectivity index (χ3n) is 4.82. The normalized spacial score (nSPS) is 14.4. The predicted octanol–water partition coefficient (Wildman–Crippen LogP) is 2.18. The summed E-state index contributed by atoms with van der Waals surface area (Å²) in [6, 6.07) is 11.6. The Bertz CT molecular complexity index is 943. The van der Waals surface area contributed by atoms with Crippen LogP contribution in [0.1, 0.15) is 10.4 Å². The first kappa shape index (κ1) is 21.6. The number of primary amides is 1. The molecule has 0 bridgehead atoms. The molecule has 3 rings (SSSR count). The smallest absolute Gasteiger partial charge is 0.283 e. The number of hydrogen-bond acceptors (Lipinski definition) is 7. The minimum atomic E-state index is -0.743. The molecule has 2 amide bonds. The van der Waals surface area contributed by atoms with E-state index in [-0.39, 0.29) is 22.9 Å². The third-order valence-corrected chi connectivity index (χ3v) is 5.88. The first-order valence-electron chi connectivity index (χ1n) is 9.38. The lowest BCUT2D eigenvalue weighted by Crippen LogP contribution is -2.44. The molecule has 0 aromatic heterocycles. The van der Waals surface area contributed by atoms with Gasteiger partial charge in [-0.2, -0.15) is 0 Å². The number of likely N-dealkylation sites (N-methyl/N-ethyl adjacent to an activating group) is 1. The van der Waals surface area contributed by atoms with E-state index in [0.717, 1.165) is 49.7 Å². The van der Waals surface area contributed by atoms with Gasteiger partial charge in [0.05, 0.1) is 15.6 Å². The largest absolute Gasteiger partial charge is 0.369 e. The Morgan fingerprint density at radius 2 is 1.80 bits per heavy atom. The van der Waals surface area contributed by atoms with E-state index in [0.29, 0.717) is 10.6 Å². The Balaban J connectivity index is 1.57. The summed E-state index contributed by atoms with van der Waals surface area (Å²) in [5.74, 6) is -1.02. The molecule has 158 valence electrons. The number of amides is 2. The molecule has 2 aromatic carbocycles. The quantitative estimate of drug-likeness (QED) is 0.393. The maximum absolute atomic E-state index is 12.3. The molecule has 1 aliphatic rings. The highest BCUT2D eigenvalue weighted by atomic mass is 32.2. The first-order chi connectivity index (χ1) is 14.3. The van der Waals surface area contributed by atoms with Crippen molar-refractivity contribution >= 4 is 40.6 Å². The lowest BCUT2D eigenvalue weighted by molar-refractivity contribution is -0.387. The van der Waals surface area contributed by atoms with Crippen molar-refractivity contribution in [3.05, 3.63) is 58.1 Å². The fourth-order valence-corrected chi connectivity index (χ4v) is 3.90. The fourth-order valence-electron chi connectivity index (χ4n) is 3.10. The molecule has 2 aromatic rings. The Morgan fingerprint density at radius 1 is 1.13 bits per heavy atom. The number of carbonyl (C=O) groups excluding carboxylic acids is 2. The van der Waals surface area contributed by atoms with Crippen LogP contribution >= 0.6 is 11.8 Å². The lowest BCUT2D eigenvalue weighted by atomic mass is 10.2. The molecular weight excluding hydrogens is 406 g/mol. The van der Waals surface area contributed by atoms with Crippen LogP contribution in [0.25, 0.3) is 0 Å². The number of carbonyl (C=O) groups is 2. The van der Waals surface area contributed by atoms with Gasteiger partial charge in [-0.05, 0) is 43.4 Å². The predicted molar refractivity (Wildman–Crippen MR) is 117 cm³/mol. The summed E-state index contributed by atoms with van der Waals surface area (Å²) >= 11 is 1.03. The molecule has 9 nitrogen and oxygen atoms in total. The number of nitrogens with one attached hydrogen (secondary N) is 1. The zero-order chi connectivity index (χ0) is 21.7. The van der Waals surface area contributed by atoms with Gasteiger partial charge in [-0.1, -0.05) is 0 Å². The highest BCUT2D eigenvalue weighted by molar-refractivity contribution is 8.00. The standard InChI is InChI=1S/C20H23N5O4S/c1-23-8-10-24(11-9-23)16-5-3-15(4-6-16)22-19(26)13-30-18-7-2-14(20(21)27)12-17(18)25(28)29/h2-7,12H,8-11,13H2,1H3,(H2,21,27)(H,22,26). The maximum Gasteiger partial charge on any atom is 0.283 e. The summed E-state index contributed by atoms with van der Waals surface area (Å²) in [6.07, 6.45) is 0. The van der Waals surface area contributed by atoms with Gasteiger partial charge < -0.3 is 20.9 Å². The minimum absolute atomic E-state index is 0.00301. The fraction of sp³-hybridized carbons (Fsp3) is 0.300. The number of anilines is 2. The zero-order valence-corrected chi connectivity index (χ0v) is 17.4. The average molecular weight is 430 g/mol. The van der Waals surface area contributed by atoms with Crippen molar-refractivity contribution in [1.82, 2.24) is 4.90 Å². The number of hydrogen-bond donors (Lipinski definition) is 2. The molecule has 0 spiro atoms. The van der Waals surface area contributed by atoms with Gasteiger partial charge in [0.1, 0.15) is 0 Å². The average Bonchev–Trinajstić information content (AvgIpc) is 2.73. The number of nitro groups is 1. The maximum atomic E-state index is 12.3. The SMILES string of the molecule is CN1CCN(c2ccc(NC(=O)CSc3ccc(C(N)=O)cc3[N+](=O)[O-])cc2)CC1. The first-order valence-corrected chi connectivity index (χ1v) is 10.4. The highest BCUT2D eigenvalue weighted by Gasteiger charge is 2.18. The van der Waals surface area contributed by atoms with Gasteiger partial charge >= 0.3 is 0 Å². The van der Waals surface area contributed by atoms with Crippen molar-refractivity contribution in [3.63, 3.8) is 0 Å². The molecule has 0 saturated carbocycles. The highest BCUT2D eigenvalue weighted by Crippen LogP contribution is 2.30. The summed E-state index contributed by atoms with van der Waals surface area (Å²) < 4.78 is 0. The van der Waals surface area contributed by atoms with E-state index in [9.17, 15) is 19.7 Å². The molecule has 1 heterocycles. The summed E-state index contributed by atoms with van der Waals surface area (Å²) in [7, 11) is 2.11. The molecule has 3 N–H and O–H groups in total. The Kier molecular flexibility index (Phi) is 6.91. The Morgan fingerprint density at radius 3 is 2.40 bits per heavy atom. The number of nitro benzene ring substituents is 1. The van der Waals surface area contributed by atoms with Crippen LogP contribution in [-0.2, 0) is 4.79 Å². The van der Waals surface area contributed by atoms with E-state index in [1.165, 1.54) is 12.1 Å². The molecule has 1 fully saturated rings. The van der Waals surface area contributed by atoms with Crippen molar-refractivity contribution < 1.29 is 14.5 Å². The van der Waals surface area contributed by atoms with Crippen LogP contribution < -0.4 is 16.0 Å². The van der Waals surface area contributed by atoms with Gasteiger partial charge in [-0.3, -0.25) is 19.7 Å². The van der Waals surface area contributed by atoms with E-state index < -0.39 is 10.8 Å². The van der Waals surface area contributed by atoms with E-state index in [1.807, 2.05) is 24.3 Å². The van der Waals surface area contributed by atoms with Crippen molar-refractivity contribution in [2.45, 2.75) is 4.90 Å². The van der Waals surface area contributed by atoms with Crippen LogP contribution in [0.15, 0.2) is 47.4 Å². The van der Waals surface area contributed by atoms with Gasteiger partial charge in [0.25, 0.3) is 5.69 Å². The van der Waals surface area contributed by atoms with Gasteiger partial charge in [0.15, 0.2) is 0 Å². The van der Waals surface area contributed by atoms with E-state index in [4.69, 9.17) is 5.73 Å². The number of piperazine rings is 1. The van der Waals surface area contributed by atoms with Crippen molar-refractivity contribution in [3.8, 4) is 0 Å². The van der Waals surface area contributed by atoms with Crippen molar-refractivity contribution in [2.75, 3.05) is 49.2 Å². The van der Waals surface area contributed by atoms with E-state index in [2.05, 4.69) is 22.2 Å².